The zero-order chi connectivity index (χ0) is 16.8. The lowest BCUT2D eigenvalue weighted by Crippen LogP contribution is -2.32. The highest BCUT2D eigenvalue weighted by molar-refractivity contribution is 7.89. The van der Waals surface area contributed by atoms with Crippen molar-refractivity contribution in [3.8, 4) is 0 Å². The number of nitrogens with one attached hydrogen (secondary N) is 1. The highest BCUT2D eigenvalue weighted by atomic mass is 32.2. The molecule has 1 aromatic heterocycles. The van der Waals surface area contributed by atoms with E-state index in [0.29, 0.717) is 19.5 Å². The van der Waals surface area contributed by atoms with Crippen LogP contribution >= 0.6 is 0 Å². The minimum atomic E-state index is -3.21. The SMILES string of the molecule is CCS(=O)(=O)N(C)CCCNC(=O)c1ccc(C(=O)O)nc1. The average molecular weight is 329 g/mol. The topological polar surface area (TPSA) is 117 Å². The minimum absolute atomic E-state index is 0.0391. The smallest absolute Gasteiger partial charge is 0.354 e. The lowest BCUT2D eigenvalue weighted by atomic mass is 10.2. The molecule has 0 spiro atoms. The summed E-state index contributed by atoms with van der Waals surface area (Å²) in [5.74, 6) is -1.50. The van der Waals surface area contributed by atoms with E-state index in [0.717, 1.165) is 0 Å². The van der Waals surface area contributed by atoms with Crippen LogP contribution in [0, 0.1) is 0 Å². The monoisotopic (exact) mass is 329 g/mol. The number of pyridine rings is 1. The van der Waals surface area contributed by atoms with Gasteiger partial charge in [0.1, 0.15) is 5.69 Å². The molecule has 0 unspecified atom stereocenters. The van der Waals surface area contributed by atoms with Gasteiger partial charge in [-0.25, -0.2) is 22.5 Å². The Bertz CT molecular complexity index is 628. The standard InChI is InChI=1S/C13H19N3O5S/c1-3-22(20,21)16(2)8-4-7-14-12(17)10-5-6-11(13(18)19)15-9-10/h5-6,9H,3-4,7-8H2,1-2H3,(H,14,17)(H,18,19). The highest BCUT2D eigenvalue weighted by Gasteiger charge is 2.14. The normalized spacial score (nSPS) is 11.4. The first kappa shape index (κ1) is 18.1. The van der Waals surface area contributed by atoms with E-state index in [4.69, 9.17) is 5.11 Å². The summed E-state index contributed by atoms with van der Waals surface area (Å²) in [6.45, 7) is 2.19. The van der Waals surface area contributed by atoms with Crippen molar-refractivity contribution in [3.63, 3.8) is 0 Å². The second-order valence-electron chi connectivity index (χ2n) is 4.57. The number of carbonyl (C=O) groups excluding carboxylic acids is 1. The lowest BCUT2D eigenvalue weighted by Gasteiger charge is -2.15. The quantitative estimate of drug-likeness (QED) is 0.657. The Kier molecular flexibility index (Phi) is 6.44. The summed E-state index contributed by atoms with van der Waals surface area (Å²) in [7, 11) is -1.71. The lowest BCUT2D eigenvalue weighted by molar-refractivity contribution is 0.0689. The maximum atomic E-state index is 11.8. The number of hydrogen-bond acceptors (Lipinski definition) is 5. The fourth-order valence-electron chi connectivity index (χ4n) is 1.62. The van der Waals surface area contributed by atoms with Gasteiger partial charge in [-0.3, -0.25) is 4.79 Å². The number of carbonyl (C=O) groups is 2. The minimum Gasteiger partial charge on any atom is -0.477 e. The summed E-state index contributed by atoms with van der Waals surface area (Å²) in [6.07, 6.45) is 1.66. The molecule has 8 nitrogen and oxygen atoms in total. The van der Waals surface area contributed by atoms with Gasteiger partial charge in [0, 0.05) is 26.3 Å². The van der Waals surface area contributed by atoms with E-state index in [2.05, 4.69) is 10.3 Å². The van der Waals surface area contributed by atoms with Gasteiger partial charge in [0.25, 0.3) is 5.91 Å². The molecule has 0 aliphatic heterocycles. The van der Waals surface area contributed by atoms with Crippen molar-refractivity contribution >= 4 is 21.9 Å². The fourth-order valence-corrected chi connectivity index (χ4v) is 2.47. The second kappa shape index (κ2) is 7.85. The Labute approximate surface area is 129 Å². The molecule has 9 heteroatoms. The zero-order valence-corrected chi connectivity index (χ0v) is 13.3. The summed E-state index contributed by atoms with van der Waals surface area (Å²) in [5.41, 5.74) is 0.113. The average Bonchev–Trinajstić information content (AvgIpc) is 2.51. The van der Waals surface area contributed by atoms with Gasteiger partial charge in [0.15, 0.2) is 0 Å². The number of carboxylic acids is 1. The molecule has 2 N–H and O–H groups in total. The van der Waals surface area contributed by atoms with Gasteiger partial charge in [-0.2, -0.15) is 0 Å². The van der Waals surface area contributed by atoms with Crippen LogP contribution < -0.4 is 5.32 Å². The van der Waals surface area contributed by atoms with Gasteiger partial charge >= 0.3 is 5.97 Å². The van der Waals surface area contributed by atoms with Crippen molar-refractivity contribution < 1.29 is 23.1 Å². The van der Waals surface area contributed by atoms with Crippen molar-refractivity contribution in [1.29, 1.82) is 0 Å². The van der Waals surface area contributed by atoms with Gasteiger partial charge in [0.05, 0.1) is 11.3 Å². The van der Waals surface area contributed by atoms with Crippen LogP contribution in [0.4, 0.5) is 0 Å². The number of aromatic carboxylic acids is 1. The van der Waals surface area contributed by atoms with Crippen LogP contribution in [0.5, 0.6) is 0 Å². The molecular weight excluding hydrogens is 310 g/mol. The molecule has 1 rings (SSSR count). The van der Waals surface area contributed by atoms with E-state index in [1.807, 2.05) is 0 Å². The molecule has 0 saturated heterocycles. The summed E-state index contributed by atoms with van der Waals surface area (Å²) in [5, 5.41) is 11.3. The van der Waals surface area contributed by atoms with Crippen LogP contribution in [-0.2, 0) is 10.0 Å². The molecule has 1 amide bonds. The Morgan fingerprint density at radius 2 is 2.05 bits per heavy atom. The summed E-state index contributed by atoms with van der Waals surface area (Å²) < 4.78 is 24.3. The number of rotatable bonds is 8. The Morgan fingerprint density at radius 3 is 2.55 bits per heavy atom. The van der Waals surface area contributed by atoms with Crippen LogP contribution in [0.25, 0.3) is 0 Å². The first-order chi connectivity index (χ1) is 10.3. The van der Waals surface area contributed by atoms with Crippen LogP contribution in [0.15, 0.2) is 18.3 Å². The largest absolute Gasteiger partial charge is 0.477 e. The number of hydrogen-bond donors (Lipinski definition) is 2. The number of nitrogens with zero attached hydrogens (tertiary/aromatic N) is 2. The van der Waals surface area contributed by atoms with Gasteiger partial charge in [-0.05, 0) is 25.5 Å². The molecule has 0 aliphatic rings. The maximum Gasteiger partial charge on any atom is 0.354 e. The molecule has 0 aliphatic carbocycles. The zero-order valence-electron chi connectivity index (χ0n) is 12.4. The van der Waals surface area contributed by atoms with Crippen LogP contribution in [-0.4, -0.2) is 60.6 Å². The molecule has 0 atom stereocenters. The predicted octanol–water partition coefficient (Wildman–Crippen LogP) is 0.181. The van der Waals surface area contributed by atoms with E-state index < -0.39 is 16.0 Å². The highest BCUT2D eigenvalue weighted by Crippen LogP contribution is 2.01. The molecule has 0 saturated carbocycles. The molecule has 122 valence electrons. The van der Waals surface area contributed by atoms with Crippen molar-refractivity contribution in [3.05, 3.63) is 29.6 Å². The Balaban J connectivity index is 2.42. The third-order valence-electron chi connectivity index (χ3n) is 3.02. The molecule has 1 aromatic rings. The van der Waals surface area contributed by atoms with Gasteiger partial charge < -0.3 is 10.4 Å². The van der Waals surface area contributed by atoms with Crippen molar-refractivity contribution in [1.82, 2.24) is 14.6 Å². The predicted molar refractivity (Wildman–Crippen MR) is 80.2 cm³/mol. The van der Waals surface area contributed by atoms with E-state index in [1.165, 1.54) is 29.7 Å². The molecule has 0 fully saturated rings. The molecule has 0 bridgehead atoms. The summed E-state index contributed by atoms with van der Waals surface area (Å²) in [6, 6.07) is 2.62. The Morgan fingerprint density at radius 1 is 1.36 bits per heavy atom. The molecular formula is C13H19N3O5S. The number of sulfonamides is 1. The van der Waals surface area contributed by atoms with Gasteiger partial charge in [-0.15, -0.1) is 0 Å². The number of aromatic nitrogens is 1. The number of amides is 1. The van der Waals surface area contributed by atoms with Gasteiger partial charge in [-0.1, -0.05) is 0 Å². The molecule has 0 radical (unpaired) electrons. The van der Waals surface area contributed by atoms with Crippen molar-refractivity contribution in [2.45, 2.75) is 13.3 Å². The second-order valence-corrected chi connectivity index (χ2v) is 6.93. The van der Waals surface area contributed by atoms with E-state index in [-0.39, 0.29) is 22.9 Å². The number of carboxylic acid groups (broad SMARTS) is 1. The van der Waals surface area contributed by atoms with Crippen LogP contribution in [0.2, 0.25) is 0 Å². The Hall–Kier alpha value is -2.00. The summed E-state index contributed by atoms with van der Waals surface area (Å²) >= 11 is 0. The van der Waals surface area contributed by atoms with E-state index in [1.54, 1.807) is 6.92 Å². The van der Waals surface area contributed by atoms with Crippen LogP contribution in [0.1, 0.15) is 34.2 Å². The van der Waals surface area contributed by atoms with E-state index in [9.17, 15) is 18.0 Å². The first-order valence-corrected chi connectivity index (χ1v) is 8.30. The van der Waals surface area contributed by atoms with Crippen molar-refractivity contribution in [2.75, 3.05) is 25.9 Å². The van der Waals surface area contributed by atoms with Gasteiger partial charge in [0.2, 0.25) is 10.0 Å². The molecule has 22 heavy (non-hydrogen) atoms. The molecule has 0 aromatic carbocycles. The fraction of sp³-hybridized carbons (Fsp3) is 0.462. The maximum absolute atomic E-state index is 11.8. The first-order valence-electron chi connectivity index (χ1n) is 6.69. The molecule has 1 heterocycles. The van der Waals surface area contributed by atoms with Crippen molar-refractivity contribution in [2.24, 2.45) is 0 Å². The summed E-state index contributed by atoms with van der Waals surface area (Å²) in [4.78, 5) is 26.1. The van der Waals surface area contributed by atoms with E-state index >= 15 is 0 Å². The van der Waals surface area contributed by atoms with Crippen LogP contribution in [0.3, 0.4) is 0 Å². The third-order valence-corrected chi connectivity index (χ3v) is 4.88. The third kappa shape index (κ3) is 5.08.